The Morgan fingerprint density at radius 2 is 2.00 bits per heavy atom. The van der Waals surface area contributed by atoms with Crippen LogP contribution in [0.25, 0.3) is 17.4 Å². The average molecular weight is 379 g/mol. The number of nitrogens with one attached hydrogen (secondary N) is 1. The summed E-state index contributed by atoms with van der Waals surface area (Å²) in [6.45, 7) is 0. The zero-order valence-electron chi connectivity index (χ0n) is 14.4. The molecule has 1 heterocycles. The Hall–Kier alpha value is -3.49. The minimum absolute atomic E-state index is 0.0789. The number of anilines is 1. The van der Waals surface area contributed by atoms with Crippen molar-refractivity contribution in [2.75, 3.05) is 12.4 Å². The third kappa shape index (κ3) is 4.57. The fourth-order valence-electron chi connectivity index (χ4n) is 2.42. The molecule has 134 valence electrons. The number of carbonyl (C=O) groups is 1. The van der Waals surface area contributed by atoms with Gasteiger partial charge in [-0.25, -0.2) is 0 Å². The zero-order chi connectivity index (χ0) is 19.2. The number of nitrogens with zero attached hydrogens (tertiary/aromatic N) is 1. The van der Waals surface area contributed by atoms with E-state index in [-0.39, 0.29) is 5.57 Å². The lowest BCUT2D eigenvalue weighted by Crippen LogP contribution is -2.13. The Balaban J connectivity index is 1.80. The minimum atomic E-state index is -0.536. The van der Waals surface area contributed by atoms with Crippen molar-refractivity contribution in [2.24, 2.45) is 0 Å². The van der Waals surface area contributed by atoms with E-state index in [1.54, 1.807) is 48.5 Å². The topological polar surface area (TPSA) is 75.3 Å². The molecule has 0 unspecified atom stereocenters. The molecule has 0 aliphatic carbocycles. The van der Waals surface area contributed by atoms with Crippen LogP contribution in [0.1, 0.15) is 5.76 Å². The van der Waals surface area contributed by atoms with Crippen molar-refractivity contribution in [1.82, 2.24) is 0 Å². The van der Waals surface area contributed by atoms with Gasteiger partial charge in [0.15, 0.2) is 0 Å². The van der Waals surface area contributed by atoms with E-state index in [1.165, 1.54) is 13.2 Å². The molecule has 3 aromatic rings. The Morgan fingerprint density at radius 3 is 2.74 bits per heavy atom. The quantitative estimate of drug-likeness (QED) is 0.491. The maximum Gasteiger partial charge on any atom is 0.266 e. The van der Waals surface area contributed by atoms with E-state index in [9.17, 15) is 10.1 Å². The van der Waals surface area contributed by atoms with Crippen LogP contribution in [0.15, 0.2) is 70.7 Å². The molecule has 5 nitrogen and oxygen atoms in total. The summed E-state index contributed by atoms with van der Waals surface area (Å²) >= 11 is 5.99. The Bertz CT molecular complexity index is 1050. The Labute approximate surface area is 161 Å². The first-order chi connectivity index (χ1) is 13.1. The highest BCUT2D eigenvalue weighted by Crippen LogP contribution is 2.26. The standard InChI is InChI=1S/C21H15ClN2O3/c1-26-18-7-3-6-17(12-18)24-21(25)15(13-23)11-19-8-9-20(27-19)14-4-2-5-16(22)10-14/h2-12H,1H3,(H,24,25)/b15-11+. The van der Waals surface area contributed by atoms with Crippen molar-refractivity contribution in [3.05, 3.63) is 77.0 Å². The molecule has 0 radical (unpaired) electrons. The molecule has 0 saturated heterocycles. The van der Waals surface area contributed by atoms with E-state index >= 15 is 0 Å². The van der Waals surface area contributed by atoms with Crippen LogP contribution in [0.4, 0.5) is 5.69 Å². The minimum Gasteiger partial charge on any atom is -0.497 e. The van der Waals surface area contributed by atoms with Gasteiger partial charge in [0.2, 0.25) is 0 Å². The summed E-state index contributed by atoms with van der Waals surface area (Å²) in [5.74, 6) is 1.05. The summed E-state index contributed by atoms with van der Waals surface area (Å²) in [4.78, 5) is 12.4. The fourth-order valence-corrected chi connectivity index (χ4v) is 2.61. The lowest BCUT2D eigenvalue weighted by molar-refractivity contribution is -0.112. The predicted molar refractivity (Wildman–Crippen MR) is 104 cm³/mol. The highest BCUT2D eigenvalue weighted by Gasteiger charge is 2.12. The van der Waals surface area contributed by atoms with E-state index in [4.69, 9.17) is 20.8 Å². The van der Waals surface area contributed by atoms with E-state index in [0.717, 1.165) is 5.56 Å². The number of benzene rings is 2. The number of hydrogen-bond donors (Lipinski definition) is 1. The molecular formula is C21H15ClN2O3. The molecule has 6 heteroatoms. The van der Waals surface area contributed by atoms with Crippen molar-refractivity contribution >= 4 is 29.3 Å². The van der Waals surface area contributed by atoms with Gasteiger partial charge in [0.1, 0.15) is 28.9 Å². The lowest BCUT2D eigenvalue weighted by Gasteiger charge is -2.06. The number of hydrogen-bond acceptors (Lipinski definition) is 4. The summed E-state index contributed by atoms with van der Waals surface area (Å²) in [6, 6.07) is 19.4. The molecule has 27 heavy (non-hydrogen) atoms. The molecule has 0 aliphatic rings. The number of furan rings is 1. The third-order valence-electron chi connectivity index (χ3n) is 3.72. The number of carbonyl (C=O) groups excluding carboxylic acids is 1. The molecular weight excluding hydrogens is 364 g/mol. The molecule has 0 aliphatic heterocycles. The van der Waals surface area contributed by atoms with Gasteiger partial charge in [-0.1, -0.05) is 29.8 Å². The first-order valence-electron chi connectivity index (χ1n) is 8.02. The summed E-state index contributed by atoms with van der Waals surface area (Å²) in [5.41, 5.74) is 1.26. The van der Waals surface area contributed by atoms with Crippen LogP contribution in [0.2, 0.25) is 5.02 Å². The number of halogens is 1. The smallest absolute Gasteiger partial charge is 0.266 e. The fraction of sp³-hybridized carbons (Fsp3) is 0.0476. The average Bonchev–Trinajstić information content (AvgIpc) is 3.15. The van der Waals surface area contributed by atoms with Crippen molar-refractivity contribution in [3.8, 4) is 23.1 Å². The molecule has 2 aromatic carbocycles. The number of methoxy groups -OCH3 is 1. The summed E-state index contributed by atoms with van der Waals surface area (Å²) in [6.07, 6.45) is 1.39. The van der Waals surface area contributed by atoms with Crippen LogP contribution in [0.3, 0.4) is 0 Å². The van der Waals surface area contributed by atoms with E-state index in [2.05, 4.69) is 5.32 Å². The van der Waals surface area contributed by atoms with E-state index < -0.39 is 5.91 Å². The lowest BCUT2D eigenvalue weighted by atomic mass is 10.2. The van der Waals surface area contributed by atoms with Crippen LogP contribution in [-0.4, -0.2) is 13.0 Å². The first kappa shape index (κ1) is 18.3. The van der Waals surface area contributed by atoms with E-state index in [1.807, 2.05) is 18.2 Å². The van der Waals surface area contributed by atoms with Crippen LogP contribution < -0.4 is 10.1 Å². The zero-order valence-corrected chi connectivity index (χ0v) is 15.2. The number of nitriles is 1. The second kappa shape index (κ2) is 8.26. The molecule has 0 saturated carbocycles. The van der Waals surface area contributed by atoms with Crippen molar-refractivity contribution in [1.29, 1.82) is 5.26 Å². The van der Waals surface area contributed by atoms with Crippen LogP contribution in [0, 0.1) is 11.3 Å². The first-order valence-corrected chi connectivity index (χ1v) is 8.40. The molecule has 1 amide bonds. The number of amides is 1. The van der Waals surface area contributed by atoms with Gasteiger partial charge in [0.25, 0.3) is 5.91 Å². The Morgan fingerprint density at radius 1 is 1.19 bits per heavy atom. The second-order valence-corrected chi connectivity index (χ2v) is 6.00. The van der Waals surface area contributed by atoms with Crippen molar-refractivity contribution in [3.63, 3.8) is 0 Å². The van der Waals surface area contributed by atoms with E-state index in [0.29, 0.717) is 28.0 Å². The van der Waals surface area contributed by atoms with Gasteiger partial charge in [-0.15, -0.1) is 0 Å². The molecule has 0 atom stereocenters. The van der Waals surface area contributed by atoms with Gasteiger partial charge < -0.3 is 14.5 Å². The number of rotatable bonds is 5. The highest BCUT2D eigenvalue weighted by molar-refractivity contribution is 6.30. The summed E-state index contributed by atoms with van der Waals surface area (Å²) < 4.78 is 10.8. The normalized spacial score (nSPS) is 10.9. The predicted octanol–water partition coefficient (Wildman–Crippen LogP) is 5.15. The molecule has 1 N–H and O–H groups in total. The Kier molecular flexibility index (Phi) is 5.60. The van der Waals surface area contributed by atoms with Gasteiger partial charge >= 0.3 is 0 Å². The summed E-state index contributed by atoms with van der Waals surface area (Å²) in [7, 11) is 1.54. The van der Waals surface area contributed by atoms with Crippen LogP contribution >= 0.6 is 11.6 Å². The van der Waals surface area contributed by atoms with Crippen molar-refractivity contribution in [2.45, 2.75) is 0 Å². The maximum absolute atomic E-state index is 12.4. The molecule has 0 bridgehead atoms. The van der Waals surface area contributed by atoms with Gasteiger partial charge in [0, 0.05) is 28.4 Å². The molecule has 3 rings (SSSR count). The monoisotopic (exact) mass is 378 g/mol. The largest absolute Gasteiger partial charge is 0.497 e. The second-order valence-electron chi connectivity index (χ2n) is 5.57. The third-order valence-corrected chi connectivity index (χ3v) is 3.95. The van der Waals surface area contributed by atoms with Gasteiger partial charge in [-0.2, -0.15) is 5.26 Å². The van der Waals surface area contributed by atoms with Gasteiger partial charge in [0.05, 0.1) is 7.11 Å². The van der Waals surface area contributed by atoms with Crippen LogP contribution in [0.5, 0.6) is 5.75 Å². The SMILES string of the molecule is COc1cccc(NC(=O)/C(C#N)=C/c2ccc(-c3cccc(Cl)c3)o2)c1. The van der Waals surface area contributed by atoms with Gasteiger partial charge in [-0.05, 0) is 36.4 Å². The van der Waals surface area contributed by atoms with Gasteiger partial charge in [-0.3, -0.25) is 4.79 Å². The maximum atomic E-state index is 12.4. The summed E-state index contributed by atoms with van der Waals surface area (Å²) in [5, 5.41) is 12.6. The molecule has 0 fully saturated rings. The molecule has 1 aromatic heterocycles. The molecule has 0 spiro atoms. The highest BCUT2D eigenvalue weighted by atomic mass is 35.5. The van der Waals surface area contributed by atoms with Crippen LogP contribution in [-0.2, 0) is 4.79 Å². The number of ether oxygens (including phenoxy) is 1. The van der Waals surface area contributed by atoms with Crippen molar-refractivity contribution < 1.29 is 13.9 Å².